The van der Waals surface area contributed by atoms with Gasteiger partial charge in [0.05, 0.1) is 5.60 Å². The van der Waals surface area contributed by atoms with Gasteiger partial charge in [0.25, 0.3) is 0 Å². The number of benzene rings is 2. The lowest BCUT2D eigenvalue weighted by molar-refractivity contribution is 0.0265. The Balaban J connectivity index is 1.86. The fourth-order valence-electron chi connectivity index (χ4n) is 3.15. The molecule has 1 unspecified atom stereocenters. The molecule has 0 aliphatic heterocycles. The Morgan fingerprint density at radius 1 is 1.19 bits per heavy atom. The molecule has 0 radical (unpaired) electrons. The zero-order valence-electron chi connectivity index (χ0n) is 12.0. The minimum Gasteiger partial charge on any atom is -0.389 e. The molecule has 0 amide bonds. The van der Waals surface area contributed by atoms with Crippen molar-refractivity contribution in [1.82, 2.24) is 0 Å². The van der Waals surface area contributed by atoms with Gasteiger partial charge >= 0.3 is 0 Å². The van der Waals surface area contributed by atoms with E-state index < -0.39 is 5.60 Å². The Morgan fingerprint density at radius 3 is 2.81 bits per heavy atom. The third-order valence-corrected chi connectivity index (χ3v) is 4.87. The van der Waals surface area contributed by atoms with Gasteiger partial charge in [-0.1, -0.05) is 28.1 Å². The molecule has 1 N–H and O–H groups in total. The number of aliphatic hydroxyl groups is 1. The average molecular weight is 349 g/mol. The molecular formula is C18H18BrFO. The van der Waals surface area contributed by atoms with Crippen molar-refractivity contribution >= 4 is 15.9 Å². The van der Waals surface area contributed by atoms with E-state index in [1.807, 2.05) is 13.0 Å². The maximum atomic E-state index is 13.4. The van der Waals surface area contributed by atoms with Crippen molar-refractivity contribution in [2.75, 3.05) is 0 Å². The number of hydrogen-bond donors (Lipinski definition) is 1. The molecule has 0 fully saturated rings. The molecule has 3 heteroatoms. The lowest BCUT2D eigenvalue weighted by Gasteiger charge is -2.34. The molecule has 2 aromatic carbocycles. The third kappa shape index (κ3) is 3.19. The molecule has 3 rings (SSSR count). The van der Waals surface area contributed by atoms with Crippen molar-refractivity contribution in [2.24, 2.45) is 0 Å². The number of rotatable bonds is 2. The van der Waals surface area contributed by atoms with Crippen LogP contribution in [-0.2, 0) is 19.3 Å². The molecule has 0 heterocycles. The molecule has 0 saturated heterocycles. The van der Waals surface area contributed by atoms with Crippen LogP contribution in [0.5, 0.6) is 0 Å². The van der Waals surface area contributed by atoms with Gasteiger partial charge in [0, 0.05) is 17.3 Å². The Hall–Kier alpha value is -1.19. The number of hydrogen-bond acceptors (Lipinski definition) is 1. The molecule has 2 aromatic rings. The van der Waals surface area contributed by atoms with Crippen LogP contribution >= 0.6 is 15.9 Å². The average Bonchev–Trinajstić information content (AvgIpc) is 2.43. The van der Waals surface area contributed by atoms with Crippen molar-refractivity contribution in [3.63, 3.8) is 0 Å². The number of aryl methyl sites for hydroxylation is 2. The molecule has 0 aromatic heterocycles. The van der Waals surface area contributed by atoms with Gasteiger partial charge in [-0.05, 0) is 66.3 Å². The van der Waals surface area contributed by atoms with Crippen LogP contribution < -0.4 is 0 Å². The maximum absolute atomic E-state index is 13.4. The van der Waals surface area contributed by atoms with Gasteiger partial charge in [0.15, 0.2) is 0 Å². The van der Waals surface area contributed by atoms with Gasteiger partial charge in [-0.15, -0.1) is 0 Å². The third-order valence-electron chi connectivity index (χ3n) is 4.38. The van der Waals surface area contributed by atoms with E-state index in [1.165, 1.54) is 17.2 Å². The Labute approximate surface area is 132 Å². The number of halogens is 2. The van der Waals surface area contributed by atoms with Gasteiger partial charge < -0.3 is 5.11 Å². The van der Waals surface area contributed by atoms with Crippen LogP contribution in [0.4, 0.5) is 4.39 Å². The predicted molar refractivity (Wildman–Crippen MR) is 86.0 cm³/mol. The van der Waals surface area contributed by atoms with E-state index in [9.17, 15) is 9.50 Å². The summed E-state index contributed by atoms with van der Waals surface area (Å²) in [5.41, 5.74) is 3.65. The van der Waals surface area contributed by atoms with Crippen molar-refractivity contribution < 1.29 is 9.50 Å². The van der Waals surface area contributed by atoms with Crippen molar-refractivity contribution in [2.45, 2.75) is 38.2 Å². The first-order valence-electron chi connectivity index (χ1n) is 7.20. The predicted octanol–water partition coefficient (Wildman–Crippen LogP) is 4.36. The second-order valence-electron chi connectivity index (χ2n) is 6.06. The van der Waals surface area contributed by atoms with E-state index in [0.717, 1.165) is 22.0 Å². The van der Waals surface area contributed by atoms with E-state index in [0.29, 0.717) is 19.3 Å². The zero-order valence-corrected chi connectivity index (χ0v) is 13.6. The molecule has 0 saturated carbocycles. The fraction of sp³-hybridized carbons (Fsp3) is 0.333. The highest BCUT2D eigenvalue weighted by molar-refractivity contribution is 9.10. The summed E-state index contributed by atoms with van der Waals surface area (Å²) < 4.78 is 14.5. The standard InChI is InChI=1S/C18H18BrFO/c1-12-2-5-17(20)9-15(12)11-18(21)7-6-13-8-16(19)4-3-14(13)10-18/h2-5,8-9,21H,6-7,10-11H2,1H3. The van der Waals surface area contributed by atoms with Crippen molar-refractivity contribution in [3.05, 3.63) is 68.9 Å². The minimum atomic E-state index is -0.778. The minimum absolute atomic E-state index is 0.237. The van der Waals surface area contributed by atoms with Gasteiger partial charge in [-0.3, -0.25) is 0 Å². The molecule has 21 heavy (non-hydrogen) atoms. The summed E-state index contributed by atoms with van der Waals surface area (Å²) >= 11 is 3.49. The lowest BCUT2D eigenvalue weighted by Crippen LogP contribution is -2.38. The number of fused-ring (bicyclic) bond motifs is 1. The Kier molecular flexibility index (Phi) is 3.89. The molecule has 1 aliphatic carbocycles. The lowest BCUT2D eigenvalue weighted by atomic mass is 9.77. The second-order valence-corrected chi connectivity index (χ2v) is 6.98. The summed E-state index contributed by atoms with van der Waals surface area (Å²) in [5.74, 6) is -0.237. The van der Waals surface area contributed by atoms with Crippen LogP contribution in [0.15, 0.2) is 40.9 Å². The van der Waals surface area contributed by atoms with E-state index in [-0.39, 0.29) is 5.82 Å². The maximum Gasteiger partial charge on any atom is 0.123 e. The molecule has 1 nitrogen and oxygen atoms in total. The monoisotopic (exact) mass is 348 g/mol. The molecular weight excluding hydrogens is 331 g/mol. The molecule has 0 spiro atoms. The topological polar surface area (TPSA) is 20.2 Å². The highest BCUT2D eigenvalue weighted by Crippen LogP contribution is 2.33. The van der Waals surface area contributed by atoms with Crippen LogP contribution in [0.3, 0.4) is 0 Å². The Bertz CT molecular complexity index is 683. The first-order valence-corrected chi connectivity index (χ1v) is 7.99. The van der Waals surface area contributed by atoms with Crippen LogP contribution in [-0.4, -0.2) is 10.7 Å². The molecule has 1 atom stereocenters. The molecule has 0 bridgehead atoms. The van der Waals surface area contributed by atoms with Gasteiger partial charge in [0.2, 0.25) is 0 Å². The van der Waals surface area contributed by atoms with Gasteiger partial charge in [0.1, 0.15) is 5.82 Å². The van der Waals surface area contributed by atoms with Crippen LogP contribution in [0, 0.1) is 12.7 Å². The normalized spacial score (nSPS) is 21.1. The summed E-state index contributed by atoms with van der Waals surface area (Å²) in [6.45, 7) is 1.96. The van der Waals surface area contributed by atoms with Crippen LogP contribution in [0.1, 0.15) is 28.7 Å². The largest absolute Gasteiger partial charge is 0.389 e. The Morgan fingerprint density at radius 2 is 2.00 bits per heavy atom. The van der Waals surface area contributed by atoms with Crippen LogP contribution in [0.2, 0.25) is 0 Å². The first kappa shape index (κ1) is 14.7. The highest BCUT2D eigenvalue weighted by Gasteiger charge is 2.32. The quantitative estimate of drug-likeness (QED) is 0.854. The van der Waals surface area contributed by atoms with E-state index in [4.69, 9.17) is 0 Å². The summed E-state index contributed by atoms with van der Waals surface area (Å²) in [6.07, 6.45) is 2.71. The molecule has 1 aliphatic rings. The van der Waals surface area contributed by atoms with Gasteiger partial charge in [-0.25, -0.2) is 4.39 Å². The molecule has 110 valence electrons. The summed E-state index contributed by atoms with van der Waals surface area (Å²) in [7, 11) is 0. The van der Waals surface area contributed by atoms with Crippen molar-refractivity contribution in [1.29, 1.82) is 0 Å². The summed E-state index contributed by atoms with van der Waals surface area (Å²) in [6, 6.07) is 11.0. The van der Waals surface area contributed by atoms with E-state index in [2.05, 4.69) is 28.1 Å². The fourth-order valence-corrected chi connectivity index (χ4v) is 3.55. The van der Waals surface area contributed by atoms with E-state index in [1.54, 1.807) is 12.1 Å². The van der Waals surface area contributed by atoms with Gasteiger partial charge in [-0.2, -0.15) is 0 Å². The summed E-state index contributed by atoms with van der Waals surface area (Å²) in [5, 5.41) is 10.9. The smallest absolute Gasteiger partial charge is 0.123 e. The second kappa shape index (κ2) is 5.54. The zero-order chi connectivity index (χ0) is 15.0. The highest BCUT2D eigenvalue weighted by atomic mass is 79.9. The summed E-state index contributed by atoms with van der Waals surface area (Å²) in [4.78, 5) is 0. The van der Waals surface area contributed by atoms with Crippen molar-refractivity contribution in [3.8, 4) is 0 Å². The van der Waals surface area contributed by atoms with Crippen LogP contribution in [0.25, 0.3) is 0 Å². The first-order chi connectivity index (χ1) is 9.95. The van der Waals surface area contributed by atoms with E-state index >= 15 is 0 Å². The SMILES string of the molecule is Cc1ccc(F)cc1CC1(O)CCc2cc(Br)ccc2C1.